The van der Waals surface area contributed by atoms with Gasteiger partial charge in [0, 0.05) is 30.5 Å². The maximum atomic E-state index is 13.8. The first kappa shape index (κ1) is 18.4. The van der Waals surface area contributed by atoms with Crippen LogP contribution >= 0.6 is 0 Å². The first-order valence-corrected chi connectivity index (χ1v) is 9.65. The Morgan fingerprint density at radius 3 is 2.46 bits per heavy atom. The molecule has 0 bridgehead atoms. The summed E-state index contributed by atoms with van der Waals surface area (Å²) >= 11 is 0. The summed E-state index contributed by atoms with van der Waals surface area (Å²) in [5.41, 5.74) is 0.199. The van der Waals surface area contributed by atoms with Gasteiger partial charge in [-0.15, -0.1) is 0 Å². The number of carbonyl (C=O) groups is 1. The number of carbonyl (C=O) groups excluding carboxylic acids is 1. The average molecular weight is 383 g/mol. The lowest BCUT2D eigenvalue weighted by Crippen LogP contribution is -2.30. The third-order valence-electron chi connectivity index (χ3n) is 4.37. The van der Waals surface area contributed by atoms with Gasteiger partial charge in [0.1, 0.15) is 16.5 Å². The molecule has 2 N–H and O–H groups in total. The zero-order chi connectivity index (χ0) is 19.1. The molecule has 26 heavy (non-hydrogen) atoms. The van der Waals surface area contributed by atoms with E-state index in [1.807, 2.05) is 0 Å². The molecule has 0 saturated carbocycles. The number of aromatic amines is 1. The number of nitrogens with zero attached hydrogens (tertiary/aromatic N) is 1. The second-order valence-electron chi connectivity index (χ2n) is 6.31. The van der Waals surface area contributed by atoms with Gasteiger partial charge in [0.2, 0.25) is 0 Å². The van der Waals surface area contributed by atoms with E-state index < -0.39 is 27.3 Å². The van der Waals surface area contributed by atoms with E-state index in [0.29, 0.717) is 18.8 Å². The summed E-state index contributed by atoms with van der Waals surface area (Å²) in [5.74, 6) is -2.07. The molecule has 0 unspecified atom stereocenters. The van der Waals surface area contributed by atoms with Crippen molar-refractivity contribution in [2.45, 2.75) is 31.6 Å². The molecule has 1 aromatic carbocycles. The van der Waals surface area contributed by atoms with Crippen molar-refractivity contribution in [2.24, 2.45) is 0 Å². The van der Waals surface area contributed by atoms with Gasteiger partial charge >= 0.3 is 0 Å². The Hall–Kier alpha value is -2.42. The average Bonchev–Trinajstić information content (AvgIpc) is 3.18. The second-order valence-corrected chi connectivity index (χ2v) is 7.93. The summed E-state index contributed by atoms with van der Waals surface area (Å²) in [4.78, 5) is 17.0. The molecule has 9 heteroatoms. The van der Waals surface area contributed by atoms with Gasteiger partial charge in [-0.25, -0.2) is 17.2 Å². The van der Waals surface area contributed by atoms with Crippen LogP contribution in [0.3, 0.4) is 0 Å². The molecular formula is C17H19F2N3O3S. The van der Waals surface area contributed by atoms with E-state index in [0.717, 1.165) is 31.0 Å². The van der Waals surface area contributed by atoms with Crippen LogP contribution in [0.1, 0.15) is 34.6 Å². The Labute approximate surface area is 150 Å². The van der Waals surface area contributed by atoms with E-state index in [-0.39, 0.29) is 22.1 Å². The normalized spacial score (nSPS) is 14.7. The van der Waals surface area contributed by atoms with Crippen LogP contribution in [0.2, 0.25) is 0 Å². The Bertz CT molecular complexity index is 964. The molecule has 2 heterocycles. The number of benzene rings is 1. The number of sulfonamides is 1. The molecule has 0 spiro atoms. The number of anilines is 1. The van der Waals surface area contributed by atoms with E-state index in [1.165, 1.54) is 6.92 Å². The highest BCUT2D eigenvalue weighted by atomic mass is 32.2. The first-order valence-electron chi connectivity index (χ1n) is 8.17. The number of aromatic nitrogens is 1. The highest BCUT2D eigenvalue weighted by Crippen LogP contribution is 2.29. The van der Waals surface area contributed by atoms with Crippen molar-refractivity contribution in [3.8, 4) is 0 Å². The van der Waals surface area contributed by atoms with Crippen molar-refractivity contribution in [2.75, 3.05) is 17.8 Å². The highest BCUT2D eigenvalue weighted by Gasteiger charge is 2.32. The summed E-state index contributed by atoms with van der Waals surface area (Å²) in [5, 5.41) is 0. The molecular weight excluding hydrogens is 364 g/mol. The van der Waals surface area contributed by atoms with E-state index in [9.17, 15) is 22.0 Å². The number of halogens is 2. The molecule has 140 valence electrons. The van der Waals surface area contributed by atoms with Crippen LogP contribution in [0.15, 0.2) is 23.1 Å². The lowest BCUT2D eigenvalue weighted by atomic mass is 10.2. The second kappa shape index (κ2) is 6.71. The van der Waals surface area contributed by atoms with E-state index >= 15 is 0 Å². The predicted molar refractivity (Wildman–Crippen MR) is 92.6 cm³/mol. The Kier molecular flexibility index (Phi) is 4.74. The van der Waals surface area contributed by atoms with Crippen LogP contribution in [-0.4, -0.2) is 37.3 Å². The van der Waals surface area contributed by atoms with E-state index in [1.54, 1.807) is 11.8 Å². The summed E-state index contributed by atoms with van der Waals surface area (Å²) in [6.45, 7) is 4.25. The van der Waals surface area contributed by atoms with Gasteiger partial charge in [0.05, 0.1) is 11.3 Å². The number of H-pyrrole nitrogens is 1. The van der Waals surface area contributed by atoms with Gasteiger partial charge in [-0.2, -0.15) is 0 Å². The molecule has 0 atom stereocenters. The molecule has 1 amide bonds. The largest absolute Gasteiger partial charge is 0.361 e. The van der Waals surface area contributed by atoms with Crippen LogP contribution < -0.4 is 4.72 Å². The predicted octanol–water partition coefficient (Wildman–Crippen LogP) is 2.95. The van der Waals surface area contributed by atoms with Gasteiger partial charge < -0.3 is 9.88 Å². The molecule has 6 nitrogen and oxygen atoms in total. The molecule has 3 rings (SSSR count). The van der Waals surface area contributed by atoms with Gasteiger partial charge in [0.25, 0.3) is 15.9 Å². The van der Waals surface area contributed by atoms with Crippen molar-refractivity contribution in [3.05, 3.63) is 46.8 Å². The molecule has 1 aliphatic rings. The minimum absolute atomic E-state index is 0.0358. The Balaban J connectivity index is 2.05. The lowest BCUT2D eigenvalue weighted by molar-refractivity contribution is 0.0788. The molecule has 2 aromatic rings. The number of hydrogen-bond donors (Lipinski definition) is 2. The molecule has 0 aliphatic carbocycles. The fourth-order valence-corrected chi connectivity index (χ4v) is 4.71. The van der Waals surface area contributed by atoms with Gasteiger partial charge in [0.15, 0.2) is 0 Å². The van der Waals surface area contributed by atoms with Gasteiger partial charge in [-0.05, 0) is 38.8 Å². The number of aryl methyl sites for hydroxylation is 2. The number of rotatable bonds is 4. The lowest BCUT2D eigenvalue weighted by Gasteiger charge is -2.17. The topological polar surface area (TPSA) is 82.3 Å². The fraction of sp³-hybridized carbons (Fsp3) is 0.353. The zero-order valence-electron chi connectivity index (χ0n) is 14.4. The van der Waals surface area contributed by atoms with Crippen LogP contribution in [0.4, 0.5) is 14.5 Å². The third-order valence-corrected chi connectivity index (χ3v) is 5.90. The van der Waals surface area contributed by atoms with Crippen LogP contribution in [0, 0.1) is 25.5 Å². The molecule has 1 saturated heterocycles. The summed E-state index contributed by atoms with van der Waals surface area (Å²) < 4.78 is 54.9. The molecule has 0 radical (unpaired) electrons. The quantitative estimate of drug-likeness (QED) is 0.852. The minimum atomic E-state index is -4.30. The van der Waals surface area contributed by atoms with Crippen LogP contribution in [-0.2, 0) is 10.0 Å². The van der Waals surface area contributed by atoms with Gasteiger partial charge in [-0.1, -0.05) is 0 Å². The number of nitrogens with one attached hydrogen (secondary N) is 2. The van der Waals surface area contributed by atoms with Crippen molar-refractivity contribution in [1.82, 2.24) is 9.88 Å². The van der Waals surface area contributed by atoms with Crippen molar-refractivity contribution in [1.29, 1.82) is 0 Å². The summed E-state index contributed by atoms with van der Waals surface area (Å²) in [6, 6.07) is 2.48. The van der Waals surface area contributed by atoms with Crippen molar-refractivity contribution in [3.63, 3.8) is 0 Å². The number of hydrogen-bond acceptors (Lipinski definition) is 3. The Morgan fingerprint density at radius 1 is 1.15 bits per heavy atom. The maximum absolute atomic E-state index is 13.8. The van der Waals surface area contributed by atoms with Gasteiger partial charge in [-0.3, -0.25) is 9.52 Å². The third kappa shape index (κ3) is 3.31. The SMILES string of the molecule is Cc1[nH]c(C)c(S(=O)(=O)Nc2cc(F)ccc2F)c1C(=O)N1CCCC1. The van der Waals surface area contributed by atoms with Crippen molar-refractivity contribution >= 4 is 21.6 Å². The van der Waals surface area contributed by atoms with Crippen molar-refractivity contribution < 1.29 is 22.0 Å². The van der Waals surface area contributed by atoms with E-state index in [4.69, 9.17) is 0 Å². The molecule has 1 aromatic heterocycles. The highest BCUT2D eigenvalue weighted by molar-refractivity contribution is 7.92. The standard InChI is InChI=1S/C17H19F2N3O3S/c1-10-15(17(23)22-7-3-4-8-22)16(11(2)20-10)26(24,25)21-14-9-12(18)5-6-13(14)19/h5-6,9,20-21H,3-4,7-8H2,1-2H3. The molecule has 1 fully saturated rings. The smallest absolute Gasteiger partial charge is 0.264 e. The maximum Gasteiger partial charge on any atom is 0.264 e. The summed E-state index contributed by atoms with van der Waals surface area (Å²) in [6.07, 6.45) is 1.73. The Morgan fingerprint density at radius 2 is 1.81 bits per heavy atom. The number of likely N-dealkylation sites (tertiary alicyclic amines) is 1. The fourth-order valence-electron chi connectivity index (χ4n) is 3.20. The molecule has 1 aliphatic heterocycles. The minimum Gasteiger partial charge on any atom is -0.361 e. The first-order chi connectivity index (χ1) is 12.2. The number of amides is 1. The van der Waals surface area contributed by atoms with E-state index in [2.05, 4.69) is 9.71 Å². The summed E-state index contributed by atoms with van der Waals surface area (Å²) in [7, 11) is -4.30. The van der Waals surface area contributed by atoms with Crippen LogP contribution in [0.25, 0.3) is 0 Å². The monoisotopic (exact) mass is 383 g/mol. The zero-order valence-corrected chi connectivity index (χ0v) is 15.2. The van der Waals surface area contributed by atoms with Crippen LogP contribution in [0.5, 0.6) is 0 Å².